The molecule has 4 N–H and O–H groups in total. The number of nitrogens with one attached hydrogen (secondary N) is 4. The van der Waals surface area contributed by atoms with Gasteiger partial charge in [-0.05, 0) is 49.4 Å². The molecule has 0 rings (SSSR count). The van der Waals surface area contributed by atoms with Gasteiger partial charge in [0, 0.05) is 26.2 Å². The van der Waals surface area contributed by atoms with Crippen LogP contribution in [0, 0.1) is 23.7 Å². The molecule has 0 aliphatic carbocycles. The van der Waals surface area contributed by atoms with E-state index < -0.39 is 0 Å². The molecule has 0 spiro atoms. The molecule has 0 aliphatic heterocycles. The zero-order valence-corrected chi connectivity index (χ0v) is 56.4. The van der Waals surface area contributed by atoms with E-state index in [-0.39, 0.29) is 21.1 Å². The Morgan fingerprint density at radius 3 is 0.549 bits per heavy atom. The quantitative estimate of drug-likeness (QED) is 0.0203. The Bertz CT molecular complexity index is 926. The molecule has 71 heavy (non-hydrogen) atoms. The van der Waals surface area contributed by atoms with Crippen LogP contribution in [0.3, 0.4) is 0 Å². The molecule has 15 heteroatoms. The molecule has 0 saturated heterocycles. The van der Waals surface area contributed by atoms with Gasteiger partial charge in [0.05, 0.1) is 0 Å². The fourth-order valence-corrected chi connectivity index (χ4v) is 8.61. The van der Waals surface area contributed by atoms with E-state index in [0.29, 0.717) is 41.0 Å². The van der Waals surface area contributed by atoms with Crippen LogP contribution in [0.5, 0.6) is 0 Å². The van der Waals surface area contributed by atoms with Crippen molar-refractivity contribution in [3.05, 3.63) is 0 Å². The summed E-state index contributed by atoms with van der Waals surface area (Å²) in [6.45, 7) is 21.9. The van der Waals surface area contributed by atoms with Gasteiger partial charge >= 0.3 is 21.1 Å². The third-order valence-corrected chi connectivity index (χ3v) is 13.7. The molecule has 0 fully saturated rings. The van der Waals surface area contributed by atoms with Crippen LogP contribution in [-0.4, -0.2) is 47.7 Å². The molecular weight excluding hydrogens is 1130 g/mol. The molecular formula is C56H112MoN4OS9. The molecule has 5 nitrogen and oxygen atoms in total. The first-order chi connectivity index (χ1) is 33.7. The molecule has 4 unspecified atom stereocenters. The summed E-state index contributed by atoms with van der Waals surface area (Å²) in [6.07, 6.45) is 49.8. The van der Waals surface area contributed by atoms with Crippen molar-refractivity contribution in [2.45, 2.75) is 287 Å². The summed E-state index contributed by atoms with van der Waals surface area (Å²) in [5.41, 5.74) is 0. The maximum Gasteiger partial charge on any atom is 4.00 e. The van der Waals surface area contributed by atoms with Crippen molar-refractivity contribution >= 4 is 129 Å². The van der Waals surface area contributed by atoms with Gasteiger partial charge < -0.3 is 121 Å². The van der Waals surface area contributed by atoms with Crippen LogP contribution in [0.1, 0.15) is 287 Å². The van der Waals surface area contributed by atoms with Crippen molar-refractivity contribution in [3.8, 4) is 0 Å². The molecule has 0 aromatic carbocycles. The predicted molar refractivity (Wildman–Crippen MR) is 346 cm³/mol. The van der Waals surface area contributed by atoms with Crippen LogP contribution in [0.4, 0.5) is 0 Å². The summed E-state index contributed by atoms with van der Waals surface area (Å²) in [6, 6.07) is 0. The van der Waals surface area contributed by atoms with E-state index in [4.69, 9.17) is 104 Å². The molecule has 0 saturated carbocycles. The van der Waals surface area contributed by atoms with Gasteiger partial charge in [-0.25, -0.2) is 0 Å². The first-order valence-corrected chi connectivity index (χ1v) is 32.2. The first-order valence-electron chi connectivity index (χ1n) is 28.6. The Labute approximate surface area is 507 Å². The average molecular weight is 1240 g/mol. The van der Waals surface area contributed by atoms with E-state index in [1.165, 1.54) is 231 Å². The molecule has 0 radical (unpaired) electrons. The minimum absolute atomic E-state index is 0. The normalized spacial score (nSPS) is 11.9. The van der Waals surface area contributed by atoms with Crippen LogP contribution in [0.2, 0.25) is 0 Å². The minimum atomic E-state index is 0. The molecule has 0 aromatic heterocycles. The smallest absolute Gasteiger partial charge is 0.412 e. The van der Waals surface area contributed by atoms with Gasteiger partial charge in [-0.2, -0.15) is 4.21 Å². The number of unbranched alkanes of at least 4 members (excludes halogenated alkanes) is 28. The van der Waals surface area contributed by atoms with E-state index >= 15 is 0 Å². The van der Waals surface area contributed by atoms with Gasteiger partial charge in [0.2, 0.25) is 0 Å². The number of hydrogen-bond acceptors (Lipinski definition) is 10. The van der Waals surface area contributed by atoms with Crippen LogP contribution in [-0.2, 0) is 84.1 Å². The third-order valence-electron chi connectivity index (χ3n) is 12.6. The van der Waals surface area contributed by atoms with Crippen LogP contribution in [0.25, 0.3) is 0 Å². The second kappa shape index (κ2) is 73.2. The van der Waals surface area contributed by atoms with Crippen molar-refractivity contribution in [1.29, 1.82) is 0 Å². The molecule has 4 atom stereocenters. The largest absolute Gasteiger partial charge is 4.00 e. The minimum Gasteiger partial charge on any atom is -0.412 e. The molecule has 0 aromatic rings. The Kier molecular flexibility index (Phi) is 86.1. The summed E-state index contributed by atoms with van der Waals surface area (Å²) in [4.78, 5) is 0. The van der Waals surface area contributed by atoms with Gasteiger partial charge in [-0.1, -0.05) is 278 Å². The van der Waals surface area contributed by atoms with Gasteiger partial charge in [0.15, 0.2) is 12.5 Å². The molecule has 0 amide bonds. The molecule has 0 heterocycles. The number of hydrogen-bond donors (Lipinski definition) is 4. The van der Waals surface area contributed by atoms with Gasteiger partial charge in [0.25, 0.3) is 0 Å². The Morgan fingerprint density at radius 1 is 0.296 bits per heavy atom. The average Bonchev–Trinajstić information content (AvgIpc) is 3.33. The Balaban J connectivity index is -0.000000195. The zero-order valence-electron chi connectivity index (χ0n) is 47.1. The van der Waals surface area contributed by atoms with E-state index in [9.17, 15) is 0 Å². The van der Waals surface area contributed by atoms with Crippen molar-refractivity contribution in [2.24, 2.45) is 23.7 Å². The molecule has 0 aliphatic rings. The van der Waals surface area contributed by atoms with Crippen LogP contribution < -0.4 is 21.3 Å². The summed E-state index contributed by atoms with van der Waals surface area (Å²) in [7, 11) is 0. The van der Waals surface area contributed by atoms with Crippen molar-refractivity contribution in [2.75, 3.05) is 26.2 Å². The number of thiocarbonyl (C=S) groups is 4. The van der Waals surface area contributed by atoms with Gasteiger partial charge in [-0.3, -0.25) is 0 Å². The van der Waals surface area contributed by atoms with E-state index in [0.717, 1.165) is 26.2 Å². The predicted octanol–water partition coefficient (Wildman–Crippen LogP) is 18.0. The van der Waals surface area contributed by atoms with E-state index in [1.54, 1.807) is 0 Å². The second-order valence-corrected chi connectivity index (χ2v) is 24.4. The Hall–Kier alpha value is 1.15. The summed E-state index contributed by atoms with van der Waals surface area (Å²) in [5.74, 6) is 2.76. The zero-order chi connectivity index (χ0) is 53.7. The second-order valence-electron chi connectivity index (χ2n) is 20.1. The monoisotopic (exact) mass is 1240 g/mol. The Morgan fingerprint density at radius 2 is 0.423 bits per heavy atom. The number of rotatable bonds is 44. The fourth-order valence-electron chi connectivity index (χ4n) is 7.95. The van der Waals surface area contributed by atoms with Gasteiger partial charge in [0.1, 0.15) is 0 Å². The molecule has 422 valence electrons. The fraction of sp³-hybridized carbons (Fsp3) is 0.929. The summed E-state index contributed by atoms with van der Waals surface area (Å²) in [5, 5.41) is 12.3. The maximum atomic E-state index is 7.83. The third kappa shape index (κ3) is 91.0. The molecule has 0 bridgehead atoms. The summed E-state index contributed by atoms with van der Waals surface area (Å²) >= 11 is 41.4. The van der Waals surface area contributed by atoms with Crippen LogP contribution >= 0.6 is 48.9 Å². The van der Waals surface area contributed by atoms with Crippen LogP contribution in [0.15, 0.2) is 0 Å². The standard InChI is InChI=1S/4C14H29NS2.Mo.OS/c4*1-3-4-5-6-7-8-9-10-11-13(2)12-15-14(16)17;;1-2/h4*13H,3-12H2,1-2H3,(H2,15,16,17);;/q;;;;+4;/p-4. The van der Waals surface area contributed by atoms with Crippen molar-refractivity contribution in [3.63, 3.8) is 0 Å². The maximum absolute atomic E-state index is 7.83. The first kappa shape index (κ1) is 83.5. The summed E-state index contributed by atoms with van der Waals surface area (Å²) < 4.78 is 9.86. The van der Waals surface area contributed by atoms with Crippen molar-refractivity contribution < 1.29 is 25.3 Å². The van der Waals surface area contributed by atoms with E-state index in [1.807, 2.05) is 0 Å². The SMILES string of the molecule is CCCCCCCCCCC(C)CNC(=S)[S-].CCCCCCCCCCC(C)CNC(=S)[S-].CCCCCCCCCCC(C)CNC(=S)[S-].CCCCCCCCCCC(C)CNC(=S)[S-].O=S.[Mo+4]. The van der Waals surface area contributed by atoms with Crippen molar-refractivity contribution in [1.82, 2.24) is 21.3 Å². The van der Waals surface area contributed by atoms with Gasteiger partial charge in [-0.15, -0.1) is 0 Å². The topological polar surface area (TPSA) is 65.2 Å². The van der Waals surface area contributed by atoms with E-state index in [2.05, 4.69) is 89.2 Å².